The molecular weight excluding hydrogens is 236 g/mol. The maximum atomic E-state index is 9.98. The third kappa shape index (κ3) is 3.63. The Kier molecular flexibility index (Phi) is 5.08. The first kappa shape index (κ1) is 14.2. The Labute approximate surface area is 116 Å². The Bertz CT molecular complexity index is 373. The normalized spacial score (nSPS) is 23.1. The van der Waals surface area contributed by atoms with Gasteiger partial charge < -0.3 is 15.3 Å². The molecule has 2 rings (SSSR count). The fourth-order valence-electron chi connectivity index (χ4n) is 2.85. The number of aliphatic hydroxyl groups is 1. The monoisotopic (exact) mass is 262 g/mol. The molecule has 0 spiro atoms. The Morgan fingerprint density at radius 1 is 1.11 bits per heavy atom. The topological polar surface area (TPSA) is 35.5 Å². The number of hydrogen-bond donors (Lipinski definition) is 2. The van der Waals surface area contributed by atoms with Crippen LogP contribution in [0.15, 0.2) is 24.3 Å². The molecule has 0 unspecified atom stereocenters. The molecule has 106 valence electrons. The molecule has 1 aliphatic rings. The Morgan fingerprint density at radius 3 is 2.32 bits per heavy atom. The molecule has 1 aromatic carbocycles. The van der Waals surface area contributed by atoms with Crippen molar-refractivity contribution >= 4 is 11.4 Å². The lowest BCUT2D eigenvalue weighted by atomic mass is 9.92. The fraction of sp³-hybridized carbons (Fsp3) is 0.625. The van der Waals surface area contributed by atoms with Crippen molar-refractivity contribution in [2.45, 2.75) is 51.7 Å². The van der Waals surface area contributed by atoms with E-state index < -0.39 is 0 Å². The van der Waals surface area contributed by atoms with Gasteiger partial charge >= 0.3 is 0 Å². The number of nitrogens with zero attached hydrogens (tertiary/aromatic N) is 1. The summed E-state index contributed by atoms with van der Waals surface area (Å²) in [6, 6.07) is 8.77. The minimum atomic E-state index is -0.198. The Hall–Kier alpha value is -1.22. The summed E-state index contributed by atoms with van der Waals surface area (Å²) in [4.78, 5) is 2.33. The standard InChI is InChI=1S/C16H26N2O/c1-3-18(4-2)14-11-9-13(10-12-14)17-15-7-5-6-8-16(15)19/h9-12,15-17,19H,3-8H2,1-2H3/t15-,16-/m1/s1. The molecule has 1 aliphatic carbocycles. The number of hydrogen-bond acceptors (Lipinski definition) is 3. The molecule has 0 bridgehead atoms. The fourth-order valence-corrected chi connectivity index (χ4v) is 2.85. The number of benzene rings is 1. The third-order valence-electron chi connectivity index (χ3n) is 4.08. The van der Waals surface area contributed by atoms with Crippen LogP contribution in [0.5, 0.6) is 0 Å². The second-order valence-electron chi connectivity index (χ2n) is 5.32. The van der Waals surface area contributed by atoms with Crippen LogP contribution in [-0.2, 0) is 0 Å². The molecule has 2 atom stereocenters. The molecule has 0 aromatic heterocycles. The van der Waals surface area contributed by atoms with Crippen molar-refractivity contribution in [1.82, 2.24) is 0 Å². The maximum Gasteiger partial charge on any atom is 0.0741 e. The van der Waals surface area contributed by atoms with Gasteiger partial charge in [-0.3, -0.25) is 0 Å². The minimum absolute atomic E-state index is 0.198. The molecule has 1 saturated carbocycles. The molecule has 0 aliphatic heterocycles. The van der Waals surface area contributed by atoms with E-state index in [9.17, 15) is 5.11 Å². The molecule has 19 heavy (non-hydrogen) atoms. The van der Waals surface area contributed by atoms with Gasteiger partial charge in [-0.2, -0.15) is 0 Å². The van der Waals surface area contributed by atoms with Gasteiger partial charge in [0.15, 0.2) is 0 Å². The number of nitrogens with one attached hydrogen (secondary N) is 1. The zero-order valence-electron chi connectivity index (χ0n) is 12.1. The van der Waals surface area contributed by atoms with Crippen LogP contribution in [0.2, 0.25) is 0 Å². The van der Waals surface area contributed by atoms with E-state index in [-0.39, 0.29) is 12.1 Å². The first-order chi connectivity index (χ1) is 9.24. The molecule has 0 radical (unpaired) electrons. The minimum Gasteiger partial charge on any atom is -0.391 e. The maximum absolute atomic E-state index is 9.98. The van der Waals surface area contributed by atoms with Gasteiger partial charge in [-0.05, 0) is 51.0 Å². The molecule has 0 saturated heterocycles. The van der Waals surface area contributed by atoms with Crippen molar-refractivity contribution in [1.29, 1.82) is 0 Å². The lowest BCUT2D eigenvalue weighted by molar-refractivity contribution is 0.116. The highest BCUT2D eigenvalue weighted by Crippen LogP contribution is 2.24. The zero-order valence-corrected chi connectivity index (χ0v) is 12.1. The average Bonchev–Trinajstić information content (AvgIpc) is 2.44. The van der Waals surface area contributed by atoms with Crippen LogP contribution < -0.4 is 10.2 Å². The second kappa shape index (κ2) is 6.80. The summed E-state index contributed by atoms with van der Waals surface area (Å²) in [6.07, 6.45) is 4.16. The van der Waals surface area contributed by atoms with Crippen LogP contribution in [0.25, 0.3) is 0 Å². The lowest BCUT2D eigenvalue weighted by Gasteiger charge is -2.29. The van der Waals surface area contributed by atoms with E-state index in [1.807, 2.05) is 0 Å². The van der Waals surface area contributed by atoms with Crippen LogP contribution >= 0.6 is 0 Å². The lowest BCUT2D eigenvalue weighted by Crippen LogP contribution is -2.36. The van der Waals surface area contributed by atoms with Gasteiger partial charge in [0.1, 0.15) is 0 Å². The number of rotatable bonds is 5. The van der Waals surface area contributed by atoms with Crippen LogP contribution in [0.1, 0.15) is 39.5 Å². The highest BCUT2D eigenvalue weighted by Gasteiger charge is 2.22. The summed E-state index contributed by atoms with van der Waals surface area (Å²) in [5.74, 6) is 0. The zero-order chi connectivity index (χ0) is 13.7. The van der Waals surface area contributed by atoms with Crippen LogP contribution in [-0.4, -0.2) is 30.3 Å². The van der Waals surface area contributed by atoms with Gasteiger partial charge in [-0.25, -0.2) is 0 Å². The highest BCUT2D eigenvalue weighted by molar-refractivity contribution is 5.55. The van der Waals surface area contributed by atoms with Gasteiger partial charge in [0, 0.05) is 24.5 Å². The SMILES string of the molecule is CCN(CC)c1ccc(N[C@@H]2CCCC[C@H]2O)cc1. The van der Waals surface area contributed by atoms with E-state index in [0.717, 1.165) is 38.0 Å². The largest absolute Gasteiger partial charge is 0.391 e. The van der Waals surface area contributed by atoms with E-state index in [1.54, 1.807) is 0 Å². The van der Waals surface area contributed by atoms with E-state index >= 15 is 0 Å². The first-order valence-electron chi connectivity index (χ1n) is 7.54. The van der Waals surface area contributed by atoms with Crippen LogP contribution in [0.3, 0.4) is 0 Å². The van der Waals surface area contributed by atoms with E-state index in [2.05, 4.69) is 48.3 Å². The van der Waals surface area contributed by atoms with Gasteiger partial charge in [-0.1, -0.05) is 12.8 Å². The molecule has 2 N–H and O–H groups in total. The third-order valence-corrected chi connectivity index (χ3v) is 4.08. The Morgan fingerprint density at radius 2 is 1.74 bits per heavy atom. The highest BCUT2D eigenvalue weighted by atomic mass is 16.3. The van der Waals surface area contributed by atoms with Gasteiger partial charge in [0.2, 0.25) is 0 Å². The van der Waals surface area contributed by atoms with Crippen molar-refractivity contribution < 1.29 is 5.11 Å². The predicted molar refractivity (Wildman–Crippen MR) is 81.9 cm³/mol. The summed E-state index contributed by atoms with van der Waals surface area (Å²) in [6.45, 7) is 6.41. The summed E-state index contributed by atoms with van der Waals surface area (Å²) in [5.41, 5.74) is 2.38. The molecule has 3 heteroatoms. The molecule has 1 fully saturated rings. The first-order valence-corrected chi connectivity index (χ1v) is 7.54. The van der Waals surface area contributed by atoms with E-state index in [0.29, 0.717) is 0 Å². The van der Waals surface area contributed by atoms with Gasteiger partial charge in [0.05, 0.1) is 12.1 Å². The van der Waals surface area contributed by atoms with Gasteiger partial charge in [-0.15, -0.1) is 0 Å². The van der Waals surface area contributed by atoms with Crippen LogP contribution in [0, 0.1) is 0 Å². The smallest absolute Gasteiger partial charge is 0.0741 e. The van der Waals surface area contributed by atoms with Gasteiger partial charge in [0.25, 0.3) is 0 Å². The Balaban J connectivity index is 1.98. The number of anilines is 2. The predicted octanol–water partition coefficient (Wildman–Crippen LogP) is 3.25. The van der Waals surface area contributed by atoms with Crippen LogP contribution in [0.4, 0.5) is 11.4 Å². The molecule has 3 nitrogen and oxygen atoms in total. The summed E-state index contributed by atoms with van der Waals surface area (Å²) in [5, 5.41) is 13.4. The molecule has 0 amide bonds. The molecule has 1 aromatic rings. The molecule has 0 heterocycles. The van der Waals surface area contributed by atoms with Crippen molar-refractivity contribution in [2.75, 3.05) is 23.3 Å². The number of aliphatic hydroxyl groups excluding tert-OH is 1. The van der Waals surface area contributed by atoms with Crippen molar-refractivity contribution in [3.05, 3.63) is 24.3 Å². The molecular formula is C16H26N2O. The quantitative estimate of drug-likeness (QED) is 0.855. The average molecular weight is 262 g/mol. The van der Waals surface area contributed by atoms with Crippen molar-refractivity contribution in [3.8, 4) is 0 Å². The van der Waals surface area contributed by atoms with Crippen molar-refractivity contribution in [3.63, 3.8) is 0 Å². The summed E-state index contributed by atoms with van der Waals surface area (Å²) in [7, 11) is 0. The second-order valence-corrected chi connectivity index (χ2v) is 5.32. The summed E-state index contributed by atoms with van der Waals surface area (Å²) < 4.78 is 0. The van der Waals surface area contributed by atoms with E-state index in [4.69, 9.17) is 0 Å². The summed E-state index contributed by atoms with van der Waals surface area (Å²) >= 11 is 0. The van der Waals surface area contributed by atoms with Crippen molar-refractivity contribution in [2.24, 2.45) is 0 Å². The van der Waals surface area contributed by atoms with E-state index in [1.165, 1.54) is 12.1 Å².